The Morgan fingerprint density at radius 3 is 1.81 bits per heavy atom. The number of hydrogen-bond donors (Lipinski definition) is 0. The summed E-state index contributed by atoms with van der Waals surface area (Å²) < 4.78 is 49.1. The highest BCUT2D eigenvalue weighted by Crippen LogP contribution is 2.33. The molecule has 0 aromatic heterocycles. The Morgan fingerprint density at radius 2 is 1.32 bits per heavy atom. The van der Waals surface area contributed by atoms with Gasteiger partial charge in [0.15, 0.2) is 0 Å². The monoisotopic (exact) mass is 674 g/mol. The molecule has 0 heterocycles. The van der Waals surface area contributed by atoms with Crippen LogP contribution in [0.4, 0.5) is 13.2 Å². The predicted molar refractivity (Wildman–Crippen MR) is 130 cm³/mol. The standard InChI is InChI=1S/C22H20Br2F3IO3/c23-17-7-3-15(4-8-17)20(16-5-9-18(24)10-6-16)19(28)11-14-30-12-1-2-13-31-21(29)22(25,26)27/h3-10H,1-2,11-14H2. The first kappa shape index (κ1) is 26.3. The van der Waals surface area contributed by atoms with Crippen LogP contribution >= 0.6 is 54.5 Å². The summed E-state index contributed by atoms with van der Waals surface area (Å²) in [6.07, 6.45) is -3.42. The van der Waals surface area contributed by atoms with Crippen molar-refractivity contribution < 1.29 is 27.4 Å². The van der Waals surface area contributed by atoms with Crippen LogP contribution in [0.2, 0.25) is 0 Å². The third-order valence-electron chi connectivity index (χ3n) is 4.15. The third kappa shape index (κ3) is 9.23. The molecule has 0 atom stereocenters. The Kier molecular flexibility index (Phi) is 11.0. The highest BCUT2D eigenvalue weighted by Gasteiger charge is 2.40. The van der Waals surface area contributed by atoms with Gasteiger partial charge in [-0.05, 0) is 76.4 Å². The molecule has 9 heteroatoms. The number of ether oxygens (including phenoxy) is 2. The van der Waals surface area contributed by atoms with Gasteiger partial charge in [-0.25, -0.2) is 4.79 Å². The molecule has 168 valence electrons. The zero-order valence-electron chi connectivity index (χ0n) is 16.4. The van der Waals surface area contributed by atoms with Gasteiger partial charge in [0.1, 0.15) is 0 Å². The second-order valence-corrected chi connectivity index (χ2v) is 9.63. The summed E-state index contributed by atoms with van der Waals surface area (Å²) in [6, 6.07) is 16.2. The molecule has 0 radical (unpaired) electrons. The molecule has 3 nitrogen and oxygen atoms in total. The van der Waals surface area contributed by atoms with Crippen LogP contribution < -0.4 is 0 Å². The fourth-order valence-electron chi connectivity index (χ4n) is 2.65. The van der Waals surface area contributed by atoms with E-state index in [2.05, 4.69) is 83.5 Å². The van der Waals surface area contributed by atoms with E-state index in [4.69, 9.17) is 4.74 Å². The zero-order chi connectivity index (χ0) is 22.9. The molecule has 0 aliphatic rings. The van der Waals surface area contributed by atoms with Crippen molar-refractivity contribution in [2.45, 2.75) is 25.4 Å². The quantitative estimate of drug-likeness (QED) is 0.147. The smallest absolute Gasteiger partial charge is 0.459 e. The summed E-state index contributed by atoms with van der Waals surface area (Å²) in [6.45, 7) is 0.604. The van der Waals surface area contributed by atoms with Gasteiger partial charge in [-0.2, -0.15) is 13.2 Å². The van der Waals surface area contributed by atoms with Crippen molar-refractivity contribution in [2.24, 2.45) is 0 Å². The van der Waals surface area contributed by atoms with Gasteiger partial charge < -0.3 is 9.47 Å². The number of benzene rings is 2. The SMILES string of the molecule is O=C(OCCCCOCCC(I)=C(c1ccc(Br)cc1)c1ccc(Br)cc1)C(F)(F)F. The number of hydrogen-bond acceptors (Lipinski definition) is 3. The Morgan fingerprint density at radius 1 is 0.839 bits per heavy atom. The van der Waals surface area contributed by atoms with Gasteiger partial charge in [0.05, 0.1) is 13.2 Å². The molecule has 0 bridgehead atoms. The van der Waals surface area contributed by atoms with E-state index >= 15 is 0 Å². The molecule has 0 aliphatic heterocycles. The lowest BCUT2D eigenvalue weighted by Crippen LogP contribution is -2.25. The molecule has 2 aromatic rings. The lowest BCUT2D eigenvalue weighted by atomic mass is 9.97. The first-order valence-electron chi connectivity index (χ1n) is 9.40. The molecule has 0 unspecified atom stereocenters. The minimum absolute atomic E-state index is 0.267. The van der Waals surface area contributed by atoms with E-state index in [-0.39, 0.29) is 6.61 Å². The molecule has 0 amide bonds. The minimum atomic E-state index is -4.94. The topological polar surface area (TPSA) is 35.5 Å². The van der Waals surface area contributed by atoms with E-state index < -0.39 is 12.1 Å². The van der Waals surface area contributed by atoms with E-state index in [1.54, 1.807) is 0 Å². The van der Waals surface area contributed by atoms with Gasteiger partial charge in [0.2, 0.25) is 0 Å². The van der Waals surface area contributed by atoms with Gasteiger partial charge in [0, 0.05) is 25.6 Å². The van der Waals surface area contributed by atoms with Crippen molar-refractivity contribution in [3.63, 3.8) is 0 Å². The molecule has 2 rings (SSSR count). The van der Waals surface area contributed by atoms with Crippen molar-refractivity contribution in [3.05, 3.63) is 72.2 Å². The predicted octanol–water partition coefficient (Wildman–Crippen LogP) is 7.70. The highest BCUT2D eigenvalue weighted by atomic mass is 127. The Bertz CT molecular complexity index is 835. The maximum absolute atomic E-state index is 12.0. The second kappa shape index (κ2) is 13.0. The Hall–Kier alpha value is -0.910. The lowest BCUT2D eigenvalue weighted by Gasteiger charge is -2.13. The summed E-state index contributed by atoms with van der Waals surface area (Å²) in [5.74, 6) is -2.15. The van der Waals surface area contributed by atoms with Crippen molar-refractivity contribution in [1.29, 1.82) is 0 Å². The number of rotatable bonds is 10. The minimum Gasteiger partial charge on any atom is -0.459 e. The van der Waals surface area contributed by atoms with E-state index in [0.717, 1.165) is 29.2 Å². The van der Waals surface area contributed by atoms with Crippen molar-refractivity contribution in [1.82, 2.24) is 0 Å². The molecular formula is C22H20Br2F3IO3. The fourth-order valence-corrected chi connectivity index (χ4v) is 4.03. The first-order chi connectivity index (χ1) is 14.7. The van der Waals surface area contributed by atoms with Crippen LogP contribution in [-0.4, -0.2) is 32.0 Å². The summed E-state index contributed by atoms with van der Waals surface area (Å²) in [7, 11) is 0. The molecule has 0 saturated carbocycles. The average Bonchev–Trinajstić information content (AvgIpc) is 2.72. The number of carbonyl (C=O) groups excluding carboxylic acids is 1. The molecular weight excluding hydrogens is 656 g/mol. The maximum atomic E-state index is 12.0. The molecule has 0 fully saturated rings. The normalized spacial score (nSPS) is 11.3. The van der Waals surface area contributed by atoms with Gasteiger partial charge in [-0.1, -0.05) is 56.1 Å². The summed E-state index contributed by atoms with van der Waals surface area (Å²) in [5.41, 5.74) is 3.33. The van der Waals surface area contributed by atoms with E-state index in [9.17, 15) is 18.0 Å². The second-order valence-electron chi connectivity index (χ2n) is 6.50. The van der Waals surface area contributed by atoms with Gasteiger partial charge in [-0.15, -0.1) is 0 Å². The van der Waals surface area contributed by atoms with Crippen LogP contribution in [0.15, 0.2) is 61.1 Å². The zero-order valence-corrected chi connectivity index (χ0v) is 21.7. The van der Waals surface area contributed by atoms with Crippen LogP contribution in [0, 0.1) is 0 Å². The summed E-state index contributed by atoms with van der Waals surface area (Å²) in [4.78, 5) is 10.6. The Balaban J connectivity index is 1.88. The molecule has 31 heavy (non-hydrogen) atoms. The van der Waals surface area contributed by atoms with E-state index in [1.807, 2.05) is 24.3 Å². The number of alkyl halides is 3. The summed E-state index contributed by atoms with van der Waals surface area (Å²) in [5, 5.41) is 0. The highest BCUT2D eigenvalue weighted by molar-refractivity contribution is 14.1. The van der Waals surface area contributed by atoms with Gasteiger partial charge in [-0.3, -0.25) is 0 Å². The maximum Gasteiger partial charge on any atom is 0.490 e. The number of halogens is 6. The van der Waals surface area contributed by atoms with Crippen molar-refractivity contribution in [3.8, 4) is 0 Å². The van der Waals surface area contributed by atoms with Crippen LogP contribution in [-0.2, 0) is 14.3 Å². The molecule has 2 aromatic carbocycles. The van der Waals surface area contributed by atoms with E-state index in [0.29, 0.717) is 32.5 Å². The third-order valence-corrected chi connectivity index (χ3v) is 6.29. The van der Waals surface area contributed by atoms with Crippen LogP contribution in [0.5, 0.6) is 0 Å². The van der Waals surface area contributed by atoms with Crippen LogP contribution in [0.1, 0.15) is 30.4 Å². The van der Waals surface area contributed by atoms with Gasteiger partial charge >= 0.3 is 12.1 Å². The lowest BCUT2D eigenvalue weighted by molar-refractivity contribution is -0.199. The molecule has 0 aliphatic carbocycles. The number of carbonyl (C=O) groups is 1. The largest absolute Gasteiger partial charge is 0.490 e. The van der Waals surface area contributed by atoms with Crippen molar-refractivity contribution in [2.75, 3.05) is 19.8 Å². The van der Waals surface area contributed by atoms with Crippen molar-refractivity contribution >= 4 is 66.0 Å². The molecule has 0 spiro atoms. The summed E-state index contributed by atoms with van der Waals surface area (Å²) >= 11 is 9.26. The van der Waals surface area contributed by atoms with E-state index in [1.165, 1.54) is 0 Å². The average molecular weight is 676 g/mol. The fraction of sp³-hybridized carbons (Fsp3) is 0.318. The first-order valence-corrected chi connectivity index (χ1v) is 12.1. The van der Waals surface area contributed by atoms with Gasteiger partial charge in [0.25, 0.3) is 0 Å². The Labute approximate surface area is 209 Å². The number of esters is 1. The number of unbranched alkanes of at least 4 members (excludes halogenated alkanes) is 1. The van der Waals surface area contributed by atoms with Crippen LogP contribution in [0.25, 0.3) is 5.57 Å². The molecule has 0 N–H and O–H groups in total. The van der Waals surface area contributed by atoms with Crippen LogP contribution in [0.3, 0.4) is 0 Å². The molecule has 0 saturated heterocycles.